The molecule has 0 atom stereocenters. The smallest absolute Gasteiger partial charge is 0.381 e. The minimum Gasteiger partial charge on any atom is -0.381 e. The molecule has 108 valence electrons. The van der Waals surface area contributed by atoms with E-state index in [9.17, 15) is 13.2 Å². The van der Waals surface area contributed by atoms with Crippen LogP contribution in [0, 0.1) is 13.8 Å². The van der Waals surface area contributed by atoms with Crippen LogP contribution in [0.5, 0.6) is 0 Å². The second-order valence-electron chi connectivity index (χ2n) is 4.79. The summed E-state index contributed by atoms with van der Waals surface area (Å²) in [6.07, 6.45) is -2.48. The summed E-state index contributed by atoms with van der Waals surface area (Å²) in [5.74, 6) is 0. The van der Waals surface area contributed by atoms with Gasteiger partial charge in [0.15, 0.2) is 0 Å². The van der Waals surface area contributed by atoms with E-state index >= 15 is 0 Å². The van der Waals surface area contributed by atoms with Crippen LogP contribution < -0.4 is 5.32 Å². The molecule has 1 heterocycles. The predicted octanol–water partition coefficient (Wildman–Crippen LogP) is 3.67. The summed E-state index contributed by atoms with van der Waals surface area (Å²) in [5, 5.41) is 7.19. The van der Waals surface area contributed by atoms with Gasteiger partial charge in [-0.3, -0.25) is 4.68 Å². The van der Waals surface area contributed by atoms with Gasteiger partial charge in [-0.2, -0.15) is 18.3 Å². The lowest BCUT2D eigenvalue weighted by molar-refractivity contribution is -0.138. The molecule has 20 heavy (non-hydrogen) atoms. The molecule has 0 bridgehead atoms. The number of aromatic nitrogens is 2. The highest BCUT2D eigenvalue weighted by Crippen LogP contribution is 2.33. The molecule has 1 aromatic heterocycles. The number of aryl methyl sites for hydroxylation is 3. The minimum absolute atomic E-state index is 0.223. The Morgan fingerprint density at radius 3 is 2.50 bits per heavy atom. The molecule has 1 N–H and O–H groups in total. The average Bonchev–Trinajstić information content (AvgIpc) is 2.65. The van der Waals surface area contributed by atoms with Gasteiger partial charge < -0.3 is 5.32 Å². The van der Waals surface area contributed by atoms with Crippen molar-refractivity contribution in [1.82, 2.24) is 9.78 Å². The first kappa shape index (κ1) is 14.4. The van der Waals surface area contributed by atoms with E-state index in [-0.39, 0.29) is 5.56 Å². The van der Waals surface area contributed by atoms with Gasteiger partial charge in [-0.05, 0) is 31.5 Å². The predicted molar refractivity (Wildman–Crippen MR) is 71.5 cm³/mol. The molecule has 0 amide bonds. The summed E-state index contributed by atoms with van der Waals surface area (Å²) in [6.45, 7) is 3.77. The number of nitrogens with zero attached hydrogens (tertiary/aromatic N) is 2. The standard InChI is InChI=1S/C14H16F3N3/c1-9-4-5-12(6-13(9)14(15,16)17)18-7-11-8-20(3)19-10(11)2/h4-6,8,18H,7H2,1-3H3. The van der Waals surface area contributed by atoms with Crippen molar-refractivity contribution in [3.8, 4) is 0 Å². The van der Waals surface area contributed by atoms with Crippen LogP contribution in [0.1, 0.15) is 22.4 Å². The summed E-state index contributed by atoms with van der Waals surface area (Å²) in [4.78, 5) is 0. The van der Waals surface area contributed by atoms with Crippen molar-refractivity contribution in [3.63, 3.8) is 0 Å². The highest BCUT2D eigenvalue weighted by molar-refractivity contribution is 5.49. The summed E-state index contributed by atoms with van der Waals surface area (Å²) in [5.41, 5.74) is 1.89. The van der Waals surface area contributed by atoms with Crippen LogP contribution in [0.3, 0.4) is 0 Å². The maximum atomic E-state index is 12.8. The number of halogens is 3. The van der Waals surface area contributed by atoms with Crippen LogP contribution >= 0.6 is 0 Å². The molecular formula is C14H16F3N3. The highest BCUT2D eigenvalue weighted by Gasteiger charge is 2.32. The van der Waals surface area contributed by atoms with Crippen LogP contribution in [0.15, 0.2) is 24.4 Å². The van der Waals surface area contributed by atoms with Crippen LogP contribution in [0.2, 0.25) is 0 Å². The summed E-state index contributed by atoms with van der Waals surface area (Å²) < 4.78 is 40.1. The van der Waals surface area contributed by atoms with Gasteiger partial charge in [0.1, 0.15) is 0 Å². The highest BCUT2D eigenvalue weighted by atomic mass is 19.4. The van der Waals surface area contributed by atoms with Crippen LogP contribution in [-0.2, 0) is 19.8 Å². The van der Waals surface area contributed by atoms with Crippen molar-refractivity contribution in [1.29, 1.82) is 0 Å². The van der Waals surface area contributed by atoms with Crippen LogP contribution in [0.4, 0.5) is 18.9 Å². The molecule has 0 aliphatic rings. The van der Waals surface area contributed by atoms with E-state index in [2.05, 4.69) is 10.4 Å². The third kappa shape index (κ3) is 3.12. The van der Waals surface area contributed by atoms with Crippen molar-refractivity contribution >= 4 is 5.69 Å². The molecular weight excluding hydrogens is 267 g/mol. The number of anilines is 1. The zero-order valence-electron chi connectivity index (χ0n) is 11.5. The number of hydrogen-bond acceptors (Lipinski definition) is 2. The van der Waals surface area contributed by atoms with Crippen molar-refractivity contribution in [2.45, 2.75) is 26.6 Å². The maximum Gasteiger partial charge on any atom is 0.416 e. The molecule has 3 nitrogen and oxygen atoms in total. The second-order valence-corrected chi connectivity index (χ2v) is 4.79. The zero-order chi connectivity index (χ0) is 14.9. The summed E-state index contributed by atoms with van der Waals surface area (Å²) in [7, 11) is 1.81. The van der Waals surface area contributed by atoms with Crippen molar-refractivity contribution < 1.29 is 13.2 Å². The Morgan fingerprint density at radius 1 is 1.25 bits per heavy atom. The molecule has 0 radical (unpaired) electrons. The number of alkyl halides is 3. The van der Waals surface area contributed by atoms with Gasteiger partial charge in [0.05, 0.1) is 11.3 Å². The molecule has 0 unspecified atom stereocenters. The molecule has 0 spiro atoms. The van der Waals surface area contributed by atoms with E-state index in [0.717, 1.165) is 17.3 Å². The number of rotatable bonds is 3. The van der Waals surface area contributed by atoms with Gasteiger partial charge in [-0.25, -0.2) is 0 Å². The molecule has 1 aromatic carbocycles. The fourth-order valence-corrected chi connectivity index (χ4v) is 2.06. The fourth-order valence-electron chi connectivity index (χ4n) is 2.06. The first-order valence-electron chi connectivity index (χ1n) is 6.18. The van der Waals surface area contributed by atoms with Crippen molar-refractivity contribution in [2.24, 2.45) is 7.05 Å². The summed E-state index contributed by atoms with van der Waals surface area (Å²) in [6, 6.07) is 4.26. The largest absolute Gasteiger partial charge is 0.416 e. The lowest BCUT2D eigenvalue weighted by Crippen LogP contribution is -2.09. The van der Waals surface area contributed by atoms with E-state index in [0.29, 0.717) is 12.2 Å². The number of benzene rings is 1. The van der Waals surface area contributed by atoms with Crippen LogP contribution in [0.25, 0.3) is 0 Å². The maximum absolute atomic E-state index is 12.8. The quantitative estimate of drug-likeness (QED) is 0.931. The minimum atomic E-state index is -4.33. The summed E-state index contributed by atoms with van der Waals surface area (Å²) >= 11 is 0. The van der Waals surface area contributed by atoms with E-state index in [1.165, 1.54) is 13.0 Å². The molecule has 0 saturated heterocycles. The monoisotopic (exact) mass is 283 g/mol. The van der Waals surface area contributed by atoms with Gasteiger partial charge in [-0.1, -0.05) is 6.07 Å². The van der Waals surface area contributed by atoms with Crippen molar-refractivity contribution in [2.75, 3.05) is 5.32 Å². The average molecular weight is 283 g/mol. The van der Waals surface area contributed by atoms with E-state index in [1.54, 1.807) is 10.7 Å². The van der Waals surface area contributed by atoms with E-state index in [4.69, 9.17) is 0 Å². The third-order valence-corrected chi connectivity index (χ3v) is 3.14. The Bertz CT molecular complexity index is 615. The lowest BCUT2D eigenvalue weighted by atomic mass is 10.1. The van der Waals surface area contributed by atoms with Crippen LogP contribution in [-0.4, -0.2) is 9.78 Å². The molecule has 6 heteroatoms. The van der Waals surface area contributed by atoms with Gasteiger partial charge in [0, 0.05) is 31.0 Å². The van der Waals surface area contributed by atoms with Gasteiger partial charge >= 0.3 is 6.18 Å². The normalized spacial score (nSPS) is 11.7. The van der Waals surface area contributed by atoms with Crippen molar-refractivity contribution in [3.05, 3.63) is 46.8 Å². The molecule has 2 rings (SSSR count). The Morgan fingerprint density at radius 2 is 1.95 bits per heavy atom. The third-order valence-electron chi connectivity index (χ3n) is 3.14. The second kappa shape index (κ2) is 5.19. The fraction of sp³-hybridized carbons (Fsp3) is 0.357. The zero-order valence-corrected chi connectivity index (χ0v) is 11.5. The Balaban J connectivity index is 2.16. The van der Waals surface area contributed by atoms with E-state index in [1.807, 2.05) is 20.2 Å². The van der Waals surface area contributed by atoms with E-state index < -0.39 is 11.7 Å². The molecule has 0 fully saturated rings. The Kier molecular flexibility index (Phi) is 3.74. The molecule has 0 aliphatic heterocycles. The first-order chi connectivity index (χ1) is 9.27. The topological polar surface area (TPSA) is 29.9 Å². The molecule has 0 aliphatic carbocycles. The Labute approximate surface area is 115 Å². The number of nitrogens with one attached hydrogen (secondary N) is 1. The Hall–Kier alpha value is -1.98. The lowest BCUT2D eigenvalue weighted by Gasteiger charge is -2.13. The van der Waals surface area contributed by atoms with Gasteiger partial charge in [0.2, 0.25) is 0 Å². The number of hydrogen-bond donors (Lipinski definition) is 1. The molecule has 2 aromatic rings. The van der Waals surface area contributed by atoms with Gasteiger partial charge in [-0.15, -0.1) is 0 Å². The first-order valence-corrected chi connectivity index (χ1v) is 6.18. The van der Waals surface area contributed by atoms with Gasteiger partial charge in [0.25, 0.3) is 0 Å². The SMILES string of the molecule is Cc1ccc(NCc2cn(C)nc2C)cc1C(F)(F)F. The molecule has 0 saturated carbocycles.